The van der Waals surface area contributed by atoms with Gasteiger partial charge in [-0.3, -0.25) is 0 Å². The number of rotatable bonds is 8. The molecular weight excluding hydrogens is 444 g/mol. The van der Waals surface area contributed by atoms with Gasteiger partial charge in [-0.25, -0.2) is 0 Å². The molecule has 36 heavy (non-hydrogen) atoms. The Hall–Kier alpha value is -3.90. The molecule has 3 nitrogen and oxygen atoms in total. The van der Waals surface area contributed by atoms with Gasteiger partial charge in [0.2, 0.25) is 0 Å². The third kappa shape index (κ3) is 7.82. The number of ether oxygens (including phenoxy) is 1. The van der Waals surface area contributed by atoms with E-state index in [4.69, 9.17) is 4.74 Å². The van der Waals surface area contributed by atoms with E-state index in [-0.39, 0.29) is 22.3 Å². The van der Waals surface area contributed by atoms with E-state index in [1.165, 1.54) is 11.1 Å². The number of phenols is 2. The van der Waals surface area contributed by atoms with Crippen molar-refractivity contribution in [2.24, 2.45) is 0 Å². The quantitative estimate of drug-likeness (QED) is 0.193. The smallest absolute Gasteiger partial charge is 0.127 e. The zero-order valence-electron chi connectivity index (χ0n) is 22.2. The maximum Gasteiger partial charge on any atom is 0.127 e. The van der Waals surface area contributed by atoms with Crippen molar-refractivity contribution in [2.75, 3.05) is 0 Å². The van der Waals surface area contributed by atoms with Gasteiger partial charge in [0, 0.05) is 5.41 Å². The van der Waals surface area contributed by atoms with Crippen LogP contribution in [-0.2, 0) is 10.8 Å². The zero-order chi connectivity index (χ0) is 26.8. The molecule has 0 fully saturated rings. The SMILES string of the molecule is C#CC.C/C=C(\C=C/CC(C)(C)c1ccc(O)cc1)Oc1ccc(C(C)(C)c2ccc(O)cc2)cc1. The molecule has 0 aromatic heterocycles. The second-order valence-electron chi connectivity index (χ2n) is 9.82. The van der Waals surface area contributed by atoms with Crippen LogP contribution in [0.4, 0.5) is 0 Å². The minimum atomic E-state index is -0.185. The lowest BCUT2D eigenvalue weighted by atomic mass is 9.78. The number of phenolic OH excluding ortho intramolecular Hbond substituents is 2. The molecule has 0 atom stereocenters. The largest absolute Gasteiger partial charge is 0.508 e. The van der Waals surface area contributed by atoms with E-state index in [1.807, 2.05) is 55.5 Å². The zero-order valence-corrected chi connectivity index (χ0v) is 22.2. The average Bonchev–Trinajstić information content (AvgIpc) is 2.84. The Bertz CT molecular complexity index is 1190. The fraction of sp³-hybridized carbons (Fsp3) is 0.273. The molecule has 0 radical (unpaired) electrons. The van der Waals surface area contributed by atoms with E-state index < -0.39 is 0 Å². The number of benzene rings is 3. The van der Waals surface area contributed by atoms with Gasteiger partial charge >= 0.3 is 0 Å². The summed E-state index contributed by atoms with van der Waals surface area (Å²) in [6, 6.07) is 22.9. The summed E-state index contributed by atoms with van der Waals surface area (Å²) in [5.74, 6) is 4.39. The number of allylic oxidation sites excluding steroid dienone is 3. The summed E-state index contributed by atoms with van der Waals surface area (Å²) in [5, 5.41) is 19.1. The summed E-state index contributed by atoms with van der Waals surface area (Å²) in [6.45, 7) is 12.3. The molecule has 0 saturated heterocycles. The van der Waals surface area contributed by atoms with Crippen molar-refractivity contribution in [3.05, 3.63) is 113 Å². The van der Waals surface area contributed by atoms with Crippen molar-refractivity contribution in [3.8, 4) is 29.6 Å². The number of aromatic hydroxyl groups is 2. The molecular formula is C33H38O3. The molecule has 0 spiro atoms. The first kappa shape index (κ1) is 28.3. The van der Waals surface area contributed by atoms with Gasteiger partial charge in [0.15, 0.2) is 0 Å². The molecule has 0 aliphatic carbocycles. The number of hydrogen-bond donors (Lipinski definition) is 2. The van der Waals surface area contributed by atoms with Crippen molar-refractivity contribution in [1.29, 1.82) is 0 Å². The average molecular weight is 483 g/mol. The fourth-order valence-electron chi connectivity index (χ4n) is 3.81. The van der Waals surface area contributed by atoms with Crippen LogP contribution in [0.15, 0.2) is 96.8 Å². The molecule has 3 heteroatoms. The van der Waals surface area contributed by atoms with Crippen molar-refractivity contribution < 1.29 is 14.9 Å². The van der Waals surface area contributed by atoms with Crippen LogP contribution in [-0.4, -0.2) is 10.2 Å². The summed E-state index contributed by atoms with van der Waals surface area (Å²) < 4.78 is 6.10. The summed E-state index contributed by atoms with van der Waals surface area (Å²) in [6.07, 6.45) is 11.5. The lowest BCUT2D eigenvalue weighted by molar-refractivity contribution is 0.441. The molecule has 3 aromatic rings. The van der Waals surface area contributed by atoms with Crippen molar-refractivity contribution in [2.45, 2.75) is 58.8 Å². The molecule has 0 aliphatic heterocycles. The number of terminal acetylenes is 1. The second-order valence-corrected chi connectivity index (χ2v) is 9.82. The predicted molar refractivity (Wildman–Crippen MR) is 150 cm³/mol. The highest BCUT2D eigenvalue weighted by molar-refractivity contribution is 5.42. The van der Waals surface area contributed by atoms with Crippen LogP contribution >= 0.6 is 0 Å². The molecule has 0 amide bonds. The molecule has 3 rings (SSSR count). The Morgan fingerprint density at radius 2 is 1.22 bits per heavy atom. The van der Waals surface area contributed by atoms with Crippen molar-refractivity contribution >= 4 is 0 Å². The van der Waals surface area contributed by atoms with Gasteiger partial charge in [0.25, 0.3) is 0 Å². The van der Waals surface area contributed by atoms with E-state index in [0.29, 0.717) is 0 Å². The monoisotopic (exact) mass is 482 g/mol. The van der Waals surface area contributed by atoms with Crippen molar-refractivity contribution in [3.63, 3.8) is 0 Å². The molecule has 0 heterocycles. The third-order valence-electron chi connectivity index (χ3n) is 6.24. The molecule has 0 saturated carbocycles. The van der Waals surface area contributed by atoms with Gasteiger partial charge < -0.3 is 14.9 Å². The van der Waals surface area contributed by atoms with Gasteiger partial charge in [-0.15, -0.1) is 12.3 Å². The first-order valence-electron chi connectivity index (χ1n) is 12.1. The van der Waals surface area contributed by atoms with E-state index in [2.05, 4.69) is 58.2 Å². The van der Waals surface area contributed by atoms with Gasteiger partial charge in [-0.1, -0.05) is 70.2 Å². The summed E-state index contributed by atoms with van der Waals surface area (Å²) in [7, 11) is 0. The van der Waals surface area contributed by atoms with Crippen LogP contribution in [0.1, 0.15) is 64.7 Å². The molecule has 0 bridgehead atoms. The summed E-state index contributed by atoms with van der Waals surface area (Å²) in [4.78, 5) is 0. The predicted octanol–water partition coefficient (Wildman–Crippen LogP) is 8.27. The highest BCUT2D eigenvalue weighted by Gasteiger charge is 2.23. The van der Waals surface area contributed by atoms with E-state index >= 15 is 0 Å². The molecule has 2 N–H and O–H groups in total. The first-order valence-corrected chi connectivity index (χ1v) is 12.1. The topological polar surface area (TPSA) is 49.7 Å². The minimum Gasteiger partial charge on any atom is -0.508 e. The molecule has 3 aromatic carbocycles. The maximum atomic E-state index is 9.57. The van der Waals surface area contributed by atoms with Crippen LogP contribution in [0.3, 0.4) is 0 Å². The maximum absolute atomic E-state index is 9.57. The summed E-state index contributed by atoms with van der Waals surface area (Å²) in [5.41, 5.74) is 3.26. The number of hydrogen-bond acceptors (Lipinski definition) is 3. The summed E-state index contributed by atoms with van der Waals surface area (Å²) >= 11 is 0. The highest BCUT2D eigenvalue weighted by atomic mass is 16.5. The van der Waals surface area contributed by atoms with Gasteiger partial charge in [0.1, 0.15) is 23.0 Å². The Morgan fingerprint density at radius 1 is 0.806 bits per heavy atom. The standard InChI is InChI=1S/C30H34O3.C3H4/c1-6-27(8-7-21-29(2,3)22-9-15-25(31)16-10-22)33-28-19-13-24(14-20-28)30(4,5)23-11-17-26(32)18-12-23;1-3-2/h6-20,31-32H,21H2,1-5H3;1H,2H3/b8-7-,27-6+;. The Balaban J connectivity index is 0.00000145. The molecule has 0 aliphatic rings. The second kappa shape index (κ2) is 12.7. The Kier molecular flexibility index (Phi) is 10.00. The molecule has 0 unspecified atom stereocenters. The van der Waals surface area contributed by atoms with E-state index in [1.54, 1.807) is 31.2 Å². The Morgan fingerprint density at radius 3 is 1.67 bits per heavy atom. The van der Waals surface area contributed by atoms with Gasteiger partial charge in [0.05, 0.1) is 0 Å². The lowest BCUT2D eigenvalue weighted by Gasteiger charge is -2.26. The van der Waals surface area contributed by atoms with Crippen molar-refractivity contribution in [1.82, 2.24) is 0 Å². The van der Waals surface area contributed by atoms with Crippen LogP contribution in [0, 0.1) is 12.3 Å². The fourth-order valence-corrected chi connectivity index (χ4v) is 3.81. The Labute approximate surface area is 216 Å². The first-order chi connectivity index (χ1) is 17.0. The van der Waals surface area contributed by atoms with Gasteiger partial charge in [-0.05, 0) is 90.9 Å². The van der Waals surface area contributed by atoms with Crippen LogP contribution in [0.2, 0.25) is 0 Å². The van der Waals surface area contributed by atoms with Crippen LogP contribution < -0.4 is 4.74 Å². The third-order valence-corrected chi connectivity index (χ3v) is 6.24. The van der Waals surface area contributed by atoms with Crippen LogP contribution in [0.25, 0.3) is 0 Å². The minimum absolute atomic E-state index is 0.0511. The van der Waals surface area contributed by atoms with Crippen LogP contribution in [0.5, 0.6) is 17.2 Å². The van der Waals surface area contributed by atoms with E-state index in [0.717, 1.165) is 23.5 Å². The van der Waals surface area contributed by atoms with Gasteiger partial charge in [-0.2, -0.15) is 0 Å². The lowest BCUT2D eigenvalue weighted by Crippen LogP contribution is -2.18. The molecule has 188 valence electrons. The highest BCUT2D eigenvalue weighted by Crippen LogP contribution is 2.33. The van der Waals surface area contributed by atoms with E-state index in [9.17, 15) is 10.2 Å². The normalized spacial score (nSPS) is 12.0.